The van der Waals surface area contributed by atoms with Gasteiger partial charge in [0.1, 0.15) is 0 Å². The van der Waals surface area contributed by atoms with Crippen LogP contribution in [0, 0.1) is 0 Å². The van der Waals surface area contributed by atoms with E-state index in [0.29, 0.717) is 11.9 Å². The average Bonchev–Trinajstić information content (AvgIpc) is 2.98. The van der Waals surface area contributed by atoms with Crippen LogP contribution in [0.15, 0.2) is 40.9 Å². The predicted molar refractivity (Wildman–Crippen MR) is 94.5 cm³/mol. The minimum Gasteiger partial charge on any atom is -0.479 e. The fraction of sp³-hybridized carbons (Fsp3) is 0.474. The third-order valence-electron chi connectivity index (χ3n) is 4.79. The summed E-state index contributed by atoms with van der Waals surface area (Å²) in [6.45, 7) is 2.40. The minimum atomic E-state index is -0.109. The fourth-order valence-corrected chi connectivity index (χ4v) is 3.33. The standard InChI is InChI=1S/C19H25N3O3/c1-21(14-15-7-4-3-5-8-15)16-9-6-11-22(12-10-16)19(23)17-13-18(24-2)20-25-17/h3-5,7-8,13,16H,6,9-12,14H2,1-2H3. The molecule has 0 bridgehead atoms. The van der Waals surface area contributed by atoms with E-state index in [1.165, 1.54) is 12.7 Å². The lowest BCUT2D eigenvalue weighted by Crippen LogP contribution is -2.34. The van der Waals surface area contributed by atoms with Gasteiger partial charge in [0.05, 0.1) is 13.2 Å². The van der Waals surface area contributed by atoms with E-state index in [-0.39, 0.29) is 11.7 Å². The normalized spacial score (nSPS) is 18.2. The van der Waals surface area contributed by atoms with Crippen molar-refractivity contribution >= 4 is 5.91 Å². The number of ether oxygens (including phenoxy) is 1. The number of aromatic nitrogens is 1. The van der Waals surface area contributed by atoms with Crippen molar-refractivity contribution in [3.63, 3.8) is 0 Å². The van der Waals surface area contributed by atoms with Crippen LogP contribution in [0.3, 0.4) is 0 Å². The van der Waals surface area contributed by atoms with Crippen LogP contribution in [0.2, 0.25) is 0 Å². The van der Waals surface area contributed by atoms with Gasteiger partial charge in [0.25, 0.3) is 11.8 Å². The number of hydrogen-bond donors (Lipinski definition) is 0. The molecule has 0 spiro atoms. The van der Waals surface area contributed by atoms with Crippen molar-refractivity contribution in [1.29, 1.82) is 0 Å². The molecule has 0 aliphatic carbocycles. The molecule has 0 radical (unpaired) electrons. The molecule has 2 heterocycles. The molecule has 134 valence electrons. The van der Waals surface area contributed by atoms with Gasteiger partial charge >= 0.3 is 0 Å². The molecule has 6 nitrogen and oxygen atoms in total. The van der Waals surface area contributed by atoms with Crippen molar-refractivity contribution in [3.8, 4) is 5.88 Å². The lowest BCUT2D eigenvalue weighted by atomic mass is 10.1. The van der Waals surface area contributed by atoms with Gasteiger partial charge in [-0.3, -0.25) is 9.69 Å². The molecule has 0 saturated carbocycles. The topological polar surface area (TPSA) is 58.8 Å². The van der Waals surface area contributed by atoms with Gasteiger partial charge in [0.15, 0.2) is 0 Å². The number of hydrogen-bond acceptors (Lipinski definition) is 5. The third kappa shape index (κ3) is 4.39. The summed E-state index contributed by atoms with van der Waals surface area (Å²) >= 11 is 0. The average molecular weight is 343 g/mol. The molecular formula is C19H25N3O3. The van der Waals surface area contributed by atoms with Gasteiger partial charge in [-0.1, -0.05) is 30.3 Å². The Kier molecular flexibility index (Phi) is 5.71. The first-order valence-corrected chi connectivity index (χ1v) is 8.71. The lowest BCUT2D eigenvalue weighted by Gasteiger charge is -2.27. The highest BCUT2D eigenvalue weighted by atomic mass is 16.5. The highest BCUT2D eigenvalue weighted by molar-refractivity contribution is 5.91. The lowest BCUT2D eigenvalue weighted by molar-refractivity contribution is 0.0715. The highest BCUT2D eigenvalue weighted by Crippen LogP contribution is 2.20. The van der Waals surface area contributed by atoms with Gasteiger partial charge < -0.3 is 14.2 Å². The molecule has 2 aromatic rings. The maximum absolute atomic E-state index is 12.6. The zero-order valence-electron chi connectivity index (χ0n) is 14.9. The van der Waals surface area contributed by atoms with Crippen molar-refractivity contribution < 1.29 is 14.1 Å². The van der Waals surface area contributed by atoms with Crippen LogP contribution in [0.4, 0.5) is 0 Å². The summed E-state index contributed by atoms with van der Waals surface area (Å²) in [5.41, 5.74) is 1.32. The zero-order chi connectivity index (χ0) is 17.6. The van der Waals surface area contributed by atoms with Crippen LogP contribution in [0.5, 0.6) is 5.88 Å². The van der Waals surface area contributed by atoms with E-state index in [0.717, 1.165) is 38.9 Å². The Labute approximate surface area is 148 Å². The first-order chi connectivity index (χ1) is 12.2. The van der Waals surface area contributed by atoms with Gasteiger partial charge in [0, 0.05) is 25.7 Å². The van der Waals surface area contributed by atoms with Crippen molar-refractivity contribution in [2.45, 2.75) is 31.8 Å². The summed E-state index contributed by atoms with van der Waals surface area (Å²) in [6.07, 6.45) is 3.04. The zero-order valence-corrected chi connectivity index (χ0v) is 14.9. The molecule has 1 fully saturated rings. The molecule has 1 unspecified atom stereocenters. The molecule has 25 heavy (non-hydrogen) atoms. The Bertz CT molecular complexity index is 686. The number of benzene rings is 1. The largest absolute Gasteiger partial charge is 0.479 e. The molecule has 1 aromatic heterocycles. The maximum Gasteiger partial charge on any atom is 0.292 e. The molecular weight excluding hydrogens is 318 g/mol. The quantitative estimate of drug-likeness (QED) is 0.835. The molecule has 1 saturated heterocycles. The first-order valence-electron chi connectivity index (χ1n) is 8.71. The number of carbonyl (C=O) groups excluding carboxylic acids is 1. The Hall–Kier alpha value is -2.34. The number of rotatable bonds is 5. The van der Waals surface area contributed by atoms with Gasteiger partial charge in [-0.05, 0) is 37.0 Å². The van der Waals surface area contributed by atoms with Crippen LogP contribution in [-0.4, -0.2) is 54.2 Å². The van der Waals surface area contributed by atoms with Crippen LogP contribution in [-0.2, 0) is 6.54 Å². The second-order valence-corrected chi connectivity index (χ2v) is 6.51. The predicted octanol–water partition coefficient (Wildman–Crippen LogP) is 2.81. The summed E-state index contributed by atoms with van der Waals surface area (Å²) in [7, 11) is 3.67. The van der Waals surface area contributed by atoms with Crippen LogP contribution in [0.25, 0.3) is 0 Å². The van der Waals surface area contributed by atoms with E-state index >= 15 is 0 Å². The SMILES string of the molecule is COc1cc(C(=O)N2CCCC(N(C)Cc3ccccc3)CC2)on1. The molecule has 1 aliphatic heterocycles. The number of amides is 1. The number of nitrogens with zero attached hydrogens (tertiary/aromatic N) is 3. The van der Waals surface area contributed by atoms with Gasteiger partial charge in [0.2, 0.25) is 5.76 Å². The molecule has 3 rings (SSSR count). The molecule has 0 N–H and O–H groups in total. The smallest absolute Gasteiger partial charge is 0.292 e. The number of likely N-dealkylation sites (tertiary alicyclic amines) is 1. The van der Waals surface area contributed by atoms with E-state index in [1.54, 1.807) is 6.07 Å². The minimum absolute atomic E-state index is 0.109. The maximum atomic E-state index is 12.6. The Morgan fingerprint density at radius 1 is 1.32 bits per heavy atom. The second-order valence-electron chi connectivity index (χ2n) is 6.51. The summed E-state index contributed by atoms with van der Waals surface area (Å²) in [5.74, 6) is 0.466. The van der Waals surface area contributed by atoms with Crippen LogP contribution < -0.4 is 4.74 Å². The third-order valence-corrected chi connectivity index (χ3v) is 4.79. The summed E-state index contributed by atoms with van der Waals surface area (Å²) < 4.78 is 10.1. The number of methoxy groups -OCH3 is 1. The van der Waals surface area contributed by atoms with Gasteiger partial charge in [-0.25, -0.2) is 0 Å². The Balaban J connectivity index is 1.57. The van der Waals surface area contributed by atoms with Crippen LogP contribution in [0.1, 0.15) is 35.4 Å². The van der Waals surface area contributed by atoms with E-state index in [2.05, 4.69) is 41.4 Å². The molecule has 6 heteroatoms. The molecule has 1 amide bonds. The van der Waals surface area contributed by atoms with Crippen LogP contribution >= 0.6 is 0 Å². The van der Waals surface area contributed by atoms with E-state index in [4.69, 9.17) is 9.26 Å². The fourth-order valence-electron chi connectivity index (χ4n) is 3.33. The summed E-state index contributed by atoms with van der Waals surface area (Å²) in [4.78, 5) is 16.8. The molecule has 1 atom stereocenters. The monoisotopic (exact) mass is 343 g/mol. The Morgan fingerprint density at radius 3 is 2.84 bits per heavy atom. The highest BCUT2D eigenvalue weighted by Gasteiger charge is 2.26. The first kappa shape index (κ1) is 17.5. The summed E-state index contributed by atoms with van der Waals surface area (Å²) in [6, 6.07) is 12.5. The molecule has 1 aromatic carbocycles. The van der Waals surface area contributed by atoms with E-state index in [9.17, 15) is 4.79 Å². The van der Waals surface area contributed by atoms with Crippen molar-refractivity contribution in [2.24, 2.45) is 0 Å². The van der Waals surface area contributed by atoms with Crippen molar-refractivity contribution in [3.05, 3.63) is 47.7 Å². The van der Waals surface area contributed by atoms with E-state index in [1.807, 2.05) is 11.0 Å². The van der Waals surface area contributed by atoms with Crippen molar-refractivity contribution in [1.82, 2.24) is 15.0 Å². The molecule has 1 aliphatic rings. The van der Waals surface area contributed by atoms with Gasteiger partial charge in [-0.2, -0.15) is 0 Å². The van der Waals surface area contributed by atoms with E-state index < -0.39 is 0 Å². The van der Waals surface area contributed by atoms with Crippen molar-refractivity contribution in [2.75, 3.05) is 27.2 Å². The second kappa shape index (κ2) is 8.16. The van der Waals surface area contributed by atoms with Gasteiger partial charge in [-0.15, -0.1) is 0 Å². The number of carbonyl (C=O) groups is 1. The Morgan fingerprint density at radius 2 is 2.12 bits per heavy atom. The summed E-state index contributed by atoms with van der Waals surface area (Å²) in [5, 5.41) is 3.71.